The van der Waals surface area contributed by atoms with Crippen molar-refractivity contribution in [1.82, 2.24) is 5.48 Å². The number of carbonyl (C=O) groups excluding carboxylic acids is 2. The predicted molar refractivity (Wildman–Crippen MR) is 105 cm³/mol. The summed E-state index contributed by atoms with van der Waals surface area (Å²) in [5.74, 6) is 8.45. The number of nitrogens with one attached hydrogen (secondary N) is 1. The highest BCUT2D eigenvalue weighted by atomic mass is 16.5. The maximum Gasteiger partial charge on any atom is 0.252 e. The van der Waals surface area contributed by atoms with Crippen molar-refractivity contribution in [1.29, 1.82) is 0 Å². The summed E-state index contributed by atoms with van der Waals surface area (Å²) in [7, 11) is 0. The summed E-state index contributed by atoms with van der Waals surface area (Å²) in [6, 6.07) is 4.53. The Morgan fingerprint density at radius 3 is 2.45 bits per heavy atom. The van der Waals surface area contributed by atoms with E-state index in [1.165, 1.54) is 12.1 Å². The minimum Gasteiger partial charge on any atom is -0.396 e. The normalized spacial score (nSPS) is 17.8. The Morgan fingerprint density at radius 2 is 1.97 bits per heavy atom. The summed E-state index contributed by atoms with van der Waals surface area (Å²) >= 11 is 0. The van der Waals surface area contributed by atoms with E-state index in [4.69, 9.17) is 16.7 Å². The summed E-state index contributed by atoms with van der Waals surface area (Å²) in [5, 5.41) is 27.7. The molecule has 0 radical (unpaired) electrons. The molecule has 0 aliphatic heterocycles. The van der Waals surface area contributed by atoms with E-state index >= 15 is 0 Å². The molecule has 0 bridgehead atoms. The fourth-order valence-electron chi connectivity index (χ4n) is 3.23. The summed E-state index contributed by atoms with van der Waals surface area (Å²) in [5.41, 5.74) is 12.3. The van der Waals surface area contributed by atoms with Gasteiger partial charge in [-0.3, -0.25) is 14.8 Å². The Morgan fingerprint density at radius 1 is 1.31 bits per heavy atom. The second-order valence-corrected chi connectivity index (χ2v) is 7.85. The van der Waals surface area contributed by atoms with Gasteiger partial charge in [0, 0.05) is 28.0 Å². The lowest BCUT2D eigenvalue weighted by Gasteiger charge is -2.30. The SMILES string of the molecule is CC(C)(N)[C@@H](C(=O)NO)c1cc(C#CC#CC2CC2(CO)CO)ccc1C(N)=O. The molecular formula is C21H25N3O5. The number of hydrogen-bond donors (Lipinski definition) is 6. The first-order valence-electron chi connectivity index (χ1n) is 8.99. The number of nitrogens with two attached hydrogens (primary N) is 2. The summed E-state index contributed by atoms with van der Waals surface area (Å²) in [6.45, 7) is 2.92. The van der Waals surface area contributed by atoms with Crippen LogP contribution in [-0.4, -0.2) is 46.0 Å². The number of aliphatic hydroxyl groups excluding tert-OH is 2. The molecule has 8 heteroatoms. The van der Waals surface area contributed by atoms with Gasteiger partial charge in [0.2, 0.25) is 5.91 Å². The molecule has 1 fully saturated rings. The van der Waals surface area contributed by atoms with E-state index in [0.29, 0.717) is 12.0 Å². The number of hydroxylamine groups is 1. The van der Waals surface area contributed by atoms with E-state index < -0.39 is 28.7 Å². The van der Waals surface area contributed by atoms with E-state index in [1.54, 1.807) is 25.4 Å². The van der Waals surface area contributed by atoms with Crippen molar-refractivity contribution >= 4 is 11.8 Å². The monoisotopic (exact) mass is 399 g/mol. The van der Waals surface area contributed by atoms with Gasteiger partial charge >= 0.3 is 0 Å². The van der Waals surface area contributed by atoms with Crippen LogP contribution in [0, 0.1) is 35.0 Å². The second-order valence-electron chi connectivity index (χ2n) is 7.85. The fourth-order valence-corrected chi connectivity index (χ4v) is 3.23. The maximum absolute atomic E-state index is 12.2. The third-order valence-electron chi connectivity index (χ3n) is 5.08. The van der Waals surface area contributed by atoms with E-state index in [1.807, 2.05) is 0 Å². The average Bonchev–Trinajstić information content (AvgIpc) is 3.38. The first-order chi connectivity index (χ1) is 13.6. The van der Waals surface area contributed by atoms with Gasteiger partial charge in [-0.2, -0.15) is 0 Å². The number of primary amides is 1. The van der Waals surface area contributed by atoms with Gasteiger partial charge in [-0.15, -0.1) is 0 Å². The molecule has 1 saturated carbocycles. The Balaban J connectivity index is 2.37. The van der Waals surface area contributed by atoms with Crippen LogP contribution in [0.25, 0.3) is 0 Å². The van der Waals surface area contributed by atoms with Crippen molar-refractivity contribution in [2.45, 2.75) is 31.7 Å². The number of benzene rings is 1. The minimum absolute atomic E-state index is 0.0995. The highest BCUT2D eigenvalue weighted by Crippen LogP contribution is 2.51. The number of hydrogen-bond acceptors (Lipinski definition) is 6. The molecule has 2 amide bonds. The number of aliphatic hydroxyl groups is 2. The molecule has 0 saturated heterocycles. The molecule has 29 heavy (non-hydrogen) atoms. The van der Waals surface area contributed by atoms with E-state index in [2.05, 4.69) is 23.7 Å². The third kappa shape index (κ3) is 4.94. The van der Waals surface area contributed by atoms with Gasteiger partial charge in [0.1, 0.15) is 0 Å². The summed E-state index contributed by atoms with van der Waals surface area (Å²) < 4.78 is 0. The molecule has 1 aromatic carbocycles. The quantitative estimate of drug-likeness (QED) is 0.214. The van der Waals surface area contributed by atoms with Crippen molar-refractivity contribution in [2.75, 3.05) is 13.2 Å². The van der Waals surface area contributed by atoms with Crippen LogP contribution in [0.3, 0.4) is 0 Å². The van der Waals surface area contributed by atoms with Crippen LogP contribution in [0.15, 0.2) is 18.2 Å². The number of carbonyl (C=O) groups is 2. The topological polar surface area (TPSA) is 159 Å². The molecule has 154 valence electrons. The van der Waals surface area contributed by atoms with Crippen LogP contribution in [0.1, 0.15) is 47.7 Å². The molecule has 8 nitrogen and oxygen atoms in total. The van der Waals surface area contributed by atoms with Crippen molar-refractivity contribution in [3.05, 3.63) is 34.9 Å². The van der Waals surface area contributed by atoms with Crippen molar-refractivity contribution in [3.63, 3.8) is 0 Å². The molecule has 1 aliphatic rings. The van der Waals surface area contributed by atoms with Crippen LogP contribution in [0.4, 0.5) is 0 Å². The molecule has 2 atom stereocenters. The lowest BCUT2D eigenvalue weighted by Crippen LogP contribution is -2.47. The largest absolute Gasteiger partial charge is 0.396 e. The average molecular weight is 399 g/mol. The molecule has 0 aromatic heterocycles. The number of amides is 2. The zero-order valence-corrected chi connectivity index (χ0v) is 16.3. The first-order valence-corrected chi connectivity index (χ1v) is 8.99. The van der Waals surface area contributed by atoms with Crippen LogP contribution in [0.2, 0.25) is 0 Å². The molecule has 1 aromatic rings. The van der Waals surface area contributed by atoms with E-state index in [-0.39, 0.29) is 30.3 Å². The second kappa shape index (κ2) is 8.64. The summed E-state index contributed by atoms with van der Waals surface area (Å²) in [6.07, 6.45) is 0.621. The molecule has 0 heterocycles. The Kier molecular flexibility index (Phi) is 6.68. The van der Waals surface area contributed by atoms with Gasteiger partial charge in [-0.25, -0.2) is 5.48 Å². The standard InChI is InChI=1S/C21H25N3O5/c1-20(2,23)17(19(28)24-29)16-9-13(7-8-15(16)18(22)27)5-3-4-6-14-10-21(14,11-25)12-26/h7-9,14,17,25-26,29H,10-12,23H2,1-2H3,(H2,22,27)(H,24,28)/t14?,17-/m1/s1. The van der Waals surface area contributed by atoms with Gasteiger partial charge in [0.05, 0.1) is 19.1 Å². The predicted octanol–water partition coefficient (Wildman–Crippen LogP) is -0.542. The highest BCUT2D eigenvalue weighted by molar-refractivity contribution is 5.97. The zero-order chi connectivity index (χ0) is 21.8. The van der Waals surface area contributed by atoms with Gasteiger partial charge in [0.15, 0.2) is 0 Å². The Hall–Kier alpha value is -2.88. The smallest absolute Gasteiger partial charge is 0.252 e. The lowest BCUT2D eigenvalue weighted by atomic mass is 9.79. The third-order valence-corrected chi connectivity index (χ3v) is 5.08. The Bertz CT molecular complexity index is 924. The van der Waals surface area contributed by atoms with Crippen LogP contribution in [-0.2, 0) is 4.79 Å². The molecule has 1 unspecified atom stereocenters. The van der Waals surface area contributed by atoms with Gasteiger partial charge in [-0.05, 0) is 55.9 Å². The molecule has 2 rings (SSSR count). The zero-order valence-electron chi connectivity index (χ0n) is 16.3. The van der Waals surface area contributed by atoms with Crippen LogP contribution in [0.5, 0.6) is 0 Å². The van der Waals surface area contributed by atoms with E-state index in [9.17, 15) is 19.8 Å². The summed E-state index contributed by atoms with van der Waals surface area (Å²) in [4.78, 5) is 24.0. The fraction of sp³-hybridized carbons (Fsp3) is 0.429. The highest BCUT2D eigenvalue weighted by Gasteiger charge is 2.52. The molecule has 0 spiro atoms. The first kappa shape index (κ1) is 22.4. The van der Waals surface area contributed by atoms with Crippen molar-refractivity contribution in [2.24, 2.45) is 22.8 Å². The Labute approximate surface area is 169 Å². The molecule has 1 aliphatic carbocycles. The van der Waals surface area contributed by atoms with Gasteiger partial charge in [0.25, 0.3) is 5.91 Å². The van der Waals surface area contributed by atoms with E-state index in [0.717, 1.165) is 0 Å². The van der Waals surface area contributed by atoms with Gasteiger partial charge in [-0.1, -0.05) is 11.8 Å². The van der Waals surface area contributed by atoms with Crippen LogP contribution >= 0.6 is 0 Å². The van der Waals surface area contributed by atoms with Crippen molar-refractivity contribution < 1.29 is 25.0 Å². The lowest BCUT2D eigenvalue weighted by molar-refractivity contribution is -0.132. The van der Waals surface area contributed by atoms with Crippen molar-refractivity contribution in [3.8, 4) is 23.7 Å². The number of rotatable bonds is 6. The maximum atomic E-state index is 12.2. The molecule has 8 N–H and O–H groups in total. The van der Waals surface area contributed by atoms with Gasteiger partial charge < -0.3 is 21.7 Å². The van der Waals surface area contributed by atoms with Crippen LogP contribution < -0.4 is 16.9 Å². The molecular weight excluding hydrogens is 374 g/mol. The minimum atomic E-state index is -1.10.